The van der Waals surface area contributed by atoms with Gasteiger partial charge in [0.05, 0.1) is 0 Å². The van der Waals surface area contributed by atoms with E-state index in [1.807, 2.05) is 20.8 Å². The normalized spacial score (nSPS) is 13.2. The quantitative estimate of drug-likeness (QED) is 0.658. The highest BCUT2D eigenvalue weighted by molar-refractivity contribution is 8.01. The minimum Gasteiger partial charge on any atom is -0.333 e. The lowest BCUT2D eigenvalue weighted by atomic mass is 10.1. The van der Waals surface area contributed by atoms with Crippen LogP contribution in [0.15, 0.2) is 4.34 Å². The molecule has 1 aromatic rings. The molecule has 0 fully saturated rings. The highest BCUT2D eigenvalue weighted by atomic mass is 32.2. The SMILES string of the molecule is CC[C@@H](C)Sc1nnc(NC(=O)NC(C)(C)C)s1. The molecular weight excluding hydrogens is 268 g/mol. The predicted molar refractivity (Wildman–Crippen MR) is 77.4 cm³/mol. The number of anilines is 1. The van der Waals surface area contributed by atoms with Crippen molar-refractivity contribution in [1.82, 2.24) is 15.5 Å². The smallest absolute Gasteiger partial charge is 0.321 e. The number of carbonyl (C=O) groups is 1. The fourth-order valence-corrected chi connectivity index (χ4v) is 3.03. The van der Waals surface area contributed by atoms with Crippen LogP contribution >= 0.6 is 23.1 Å². The Bertz CT molecular complexity index is 400. The maximum absolute atomic E-state index is 11.6. The zero-order valence-electron chi connectivity index (χ0n) is 11.4. The van der Waals surface area contributed by atoms with Gasteiger partial charge in [0, 0.05) is 10.8 Å². The van der Waals surface area contributed by atoms with E-state index < -0.39 is 0 Å². The van der Waals surface area contributed by atoms with Crippen molar-refractivity contribution in [2.24, 2.45) is 0 Å². The van der Waals surface area contributed by atoms with Crippen LogP contribution in [-0.2, 0) is 0 Å². The molecule has 0 saturated carbocycles. The van der Waals surface area contributed by atoms with E-state index >= 15 is 0 Å². The van der Waals surface area contributed by atoms with Crippen molar-refractivity contribution in [3.63, 3.8) is 0 Å². The molecule has 1 heterocycles. The molecular formula is C11H20N4OS2. The fourth-order valence-electron chi connectivity index (χ4n) is 1.03. The highest BCUT2D eigenvalue weighted by Gasteiger charge is 2.15. The topological polar surface area (TPSA) is 66.9 Å². The summed E-state index contributed by atoms with van der Waals surface area (Å²) in [6.07, 6.45) is 1.08. The van der Waals surface area contributed by atoms with E-state index in [1.165, 1.54) is 11.3 Å². The van der Waals surface area contributed by atoms with Gasteiger partial charge in [0.2, 0.25) is 5.13 Å². The van der Waals surface area contributed by atoms with Gasteiger partial charge < -0.3 is 5.32 Å². The Morgan fingerprint density at radius 3 is 2.67 bits per heavy atom. The van der Waals surface area contributed by atoms with Crippen LogP contribution in [0.2, 0.25) is 0 Å². The number of carbonyl (C=O) groups excluding carboxylic acids is 1. The first-order chi connectivity index (χ1) is 8.30. The first-order valence-corrected chi connectivity index (χ1v) is 7.59. The number of hydrogen-bond acceptors (Lipinski definition) is 5. The molecule has 0 aliphatic heterocycles. The molecule has 0 bridgehead atoms. The summed E-state index contributed by atoms with van der Waals surface area (Å²) < 4.78 is 0.885. The van der Waals surface area contributed by atoms with Gasteiger partial charge in [-0.2, -0.15) is 0 Å². The number of thioether (sulfide) groups is 1. The molecule has 5 nitrogen and oxygen atoms in total. The Labute approximate surface area is 116 Å². The molecule has 1 rings (SSSR count). The molecule has 1 aromatic heterocycles. The van der Waals surface area contributed by atoms with Gasteiger partial charge in [-0.05, 0) is 27.2 Å². The molecule has 18 heavy (non-hydrogen) atoms. The monoisotopic (exact) mass is 288 g/mol. The third-order valence-corrected chi connectivity index (χ3v) is 4.18. The Kier molecular flexibility index (Phi) is 5.40. The van der Waals surface area contributed by atoms with Gasteiger partial charge in [0.15, 0.2) is 4.34 Å². The second-order valence-electron chi connectivity index (χ2n) is 5.04. The van der Waals surface area contributed by atoms with Gasteiger partial charge in [-0.1, -0.05) is 36.9 Å². The fraction of sp³-hybridized carbons (Fsp3) is 0.727. The number of urea groups is 1. The molecule has 1 atom stereocenters. The van der Waals surface area contributed by atoms with Gasteiger partial charge >= 0.3 is 6.03 Å². The summed E-state index contributed by atoms with van der Waals surface area (Å²) in [5.41, 5.74) is -0.261. The minimum atomic E-state index is -0.261. The zero-order chi connectivity index (χ0) is 13.8. The van der Waals surface area contributed by atoms with Crippen LogP contribution in [0, 0.1) is 0 Å². The van der Waals surface area contributed by atoms with E-state index in [4.69, 9.17) is 0 Å². The molecule has 2 N–H and O–H groups in total. The van der Waals surface area contributed by atoms with Crippen LogP contribution in [0.3, 0.4) is 0 Å². The lowest BCUT2D eigenvalue weighted by Crippen LogP contribution is -2.43. The van der Waals surface area contributed by atoms with Gasteiger partial charge in [0.25, 0.3) is 0 Å². The number of aromatic nitrogens is 2. The van der Waals surface area contributed by atoms with Crippen LogP contribution in [0.25, 0.3) is 0 Å². The van der Waals surface area contributed by atoms with E-state index in [1.54, 1.807) is 11.8 Å². The standard InChI is InChI=1S/C11H20N4OS2/c1-6-7(2)17-10-15-14-9(18-10)12-8(16)13-11(3,4)5/h7H,6H2,1-5H3,(H2,12,13,14,16)/t7-/m1/s1. The van der Waals surface area contributed by atoms with Crippen LogP contribution in [0.1, 0.15) is 41.0 Å². The van der Waals surface area contributed by atoms with Crippen LogP contribution in [0.4, 0.5) is 9.93 Å². The summed E-state index contributed by atoms with van der Waals surface area (Å²) in [7, 11) is 0. The van der Waals surface area contributed by atoms with Gasteiger partial charge in [-0.25, -0.2) is 4.79 Å². The minimum absolute atomic E-state index is 0.251. The maximum Gasteiger partial charge on any atom is 0.321 e. The summed E-state index contributed by atoms with van der Waals surface area (Å²) in [5.74, 6) is 0. The number of nitrogens with one attached hydrogen (secondary N) is 2. The summed E-state index contributed by atoms with van der Waals surface area (Å²) >= 11 is 3.08. The average molecular weight is 288 g/mol. The van der Waals surface area contributed by atoms with Gasteiger partial charge in [0.1, 0.15) is 0 Å². The maximum atomic E-state index is 11.6. The van der Waals surface area contributed by atoms with E-state index in [0.717, 1.165) is 10.8 Å². The Morgan fingerprint density at radius 1 is 1.44 bits per heavy atom. The van der Waals surface area contributed by atoms with Crippen molar-refractivity contribution >= 4 is 34.3 Å². The lowest BCUT2D eigenvalue weighted by Gasteiger charge is -2.19. The van der Waals surface area contributed by atoms with Crippen molar-refractivity contribution in [2.75, 3.05) is 5.32 Å². The summed E-state index contributed by atoms with van der Waals surface area (Å²) in [4.78, 5) is 11.6. The van der Waals surface area contributed by atoms with E-state index in [2.05, 4.69) is 34.7 Å². The second-order valence-corrected chi connectivity index (χ2v) is 7.70. The molecule has 0 unspecified atom stereocenters. The average Bonchev–Trinajstić information content (AvgIpc) is 2.62. The molecule has 0 aliphatic rings. The van der Waals surface area contributed by atoms with Crippen molar-refractivity contribution in [1.29, 1.82) is 0 Å². The molecule has 102 valence electrons. The molecule has 0 aliphatic carbocycles. The molecule has 0 saturated heterocycles. The lowest BCUT2D eigenvalue weighted by molar-refractivity contribution is 0.244. The zero-order valence-corrected chi connectivity index (χ0v) is 13.0. The summed E-state index contributed by atoms with van der Waals surface area (Å²) in [6, 6.07) is -0.251. The number of hydrogen-bond donors (Lipinski definition) is 2. The first-order valence-electron chi connectivity index (χ1n) is 5.89. The van der Waals surface area contributed by atoms with Crippen molar-refractivity contribution in [2.45, 2.75) is 56.2 Å². The highest BCUT2D eigenvalue weighted by Crippen LogP contribution is 2.29. The van der Waals surface area contributed by atoms with E-state index in [9.17, 15) is 4.79 Å². The summed E-state index contributed by atoms with van der Waals surface area (Å²) in [6.45, 7) is 10.1. The number of amides is 2. The third kappa shape index (κ3) is 5.68. The van der Waals surface area contributed by atoms with Crippen LogP contribution in [0.5, 0.6) is 0 Å². The van der Waals surface area contributed by atoms with Crippen molar-refractivity contribution in [3.8, 4) is 0 Å². The molecule has 0 aromatic carbocycles. The van der Waals surface area contributed by atoms with Crippen LogP contribution in [-0.4, -0.2) is 27.0 Å². The second kappa shape index (κ2) is 6.38. The largest absolute Gasteiger partial charge is 0.333 e. The first kappa shape index (κ1) is 15.2. The molecule has 7 heteroatoms. The van der Waals surface area contributed by atoms with Gasteiger partial charge in [-0.15, -0.1) is 10.2 Å². The Hall–Kier alpha value is -0.820. The number of rotatable bonds is 4. The van der Waals surface area contributed by atoms with Crippen molar-refractivity contribution < 1.29 is 4.79 Å². The Balaban J connectivity index is 2.51. The molecule has 0 radical (unpaired) electrons. The Morgan fingerprint density at radius 2 is 2.11 bits per heavy atom. The van der Waals surface area contributed by atoms with Crippen LogP contribution < -0.4 is 10.6 Å². The third-order valence-electron chi connectivity index (χ3n) is 1.99. The molecule has 0 spiro atoms. The van der Waals surface area contributed by atoms with E-state index in [-0.39, 0.29) is 11.6 Å². The van der Waals surface area contributed by atoms with E-state index in [0.29, 0.717) is 10.4 Å². The summed E-state index contributed by atoms with van der Waals surface area (Å²) in [5, 5.41) is 14.5. The molecule has 2 amide bonds. The number of nitrogens with zero attached hydrogens (tertiary/aromatic N) is 2. The predicted octanol–water partition coefficient (Wildman–Crippen LogP) is 3.35. The van der Waals surface area contributed by atoms with Gasteiger partial charge in [-0.3, -0.25) is 5.32 Å². The van der Waals surface area contributed by atoms with Crippen molar-refractivity contribution in [3.05, 3.63) is 0 Å².